The molecule has 2 heteroatoms. The Morgan fingerprint density at radius 1 is 0.792 bits per heavy atom. The van der Waals surface area contributed by atoms with E-state index in [1.807, 2.05) is 0 Å². The van der Waals surface area contributed by atoms with Gasteiger partial charge in [-0.3, -0.25) is 0 Å². The van der Waals surface area contributed by atoms with Gasteiger partial charge in [0, 0.05) is 28.9 Å². The summed E-state index contributed by atoms with van der Waals surface area (Å²) in [5.74, 6) is 0. The molecule has 3 aromatic carbocycles. The molecule has 4 rings (SSSR count). The van der Waals surface area contributed by atoms with Gasteiger partial charge in [-0.15, -0.1) is 0 Å². The van der Waals surface area contributed by atoms with Crippen LogP contribution in [0.3, 0.4) is 0 Å². The number of aromatic nitrogens is 1. The minimum atomic E-state index is -0.328. The van der Waals surface area contributed by atoms with Crippen molar-refractivity contribution in [1.82, 2.24) is 4.98 Å². The lowest BCUT2D eigenvalue weighted by Gasteiger charge is -2.26. The third-order valence-electron chi connectivity index (χ3n) is 4.90. The van der Waals surface area contributed by atoms with E-state index in [1.165, 1.54) is 38.5 Å². The van der Waals surface area contributed by atoms with Gasteiger partial charge in [0.25, 0.3) is 0 Å². The number of hydrogen-bond donors (Lipinski definition) is 1. The summed E-state index contributed by atoms with van der Waals surface area (Å²) in [6.07, 6.45) is 0. The summed E-state index contributed by atoms with van der Waals surface area (Å²) in [4.78, 5) is 3.49. The first kappa shape index (κ1) is 15.0. The zero-order chi connectivity index (χ0) is 16.7. The van der Waals surface area contributed by atoms with Gasteiger partial charge in [0.15, 0.2) is 0 Å². The lowest BCUT2D eigenvalue weighted by atomic mass is 9.89. The molecular weight excluding hydrogens is 294 g/mol. The smallest absolute Gasteiger partial charge is 0.0877 e. The van der Waals surface area contributed by atoms with Crippen molar-refractivity contribution in [1.29, 1.82) is 0 Å². The van der Waals surface area contributed by atoms with Crippen LogP contribution in [-0.2, 0) is 10.3 Å². The minimum Gasteiger partial charge on any atom is -0.374 e. The highest BCUT2D eigenvalue weighted by Crippen LogP contribution is 2.36. The zero-order valence-corrected chi connectivity index (χ0v) is 14.3. The first-order valence-electron chi connectivity index (χ1n) is 8.26. The van der Waals surface area contributed by atoms with E-state index in [4.69, 9.17) is 4.74 Å². The Bertz CT molecular complexity index is 1030. The first-order chi connectivity index (χ1) is 11.6. The van der Waals surface area contributed by atoms with Crippen molar-refractivity contribution in [3.05, 3.63) is 72.3 Å². The predicted molar refractivity (Wildman–Crippen MR) is 101 cm³/mol. The summed E-state index contributed by atoms with van der Waals surface area (Å²) < 4.78 is 5.72. The second-order valence-corrected chi connectivity index (χ2v) is 6.69. The number of hydrogen-bond acceptors (Lipinski definition) is 1. The molecule has 1 N–H and O–H groups in total. The Balaban J connectivity index is 1.96. The van der Waals surface area contributed by atoms with Gasteiger partial charge in [0.05, 0.1) is 5.60 Å². The molecule has 0 unspecified atom stereocenters. The number of benzene rings is 3. The van der Waals surface area contributed by atoms with Crippen LogP contribution in [0, 0.1) is 0 Å². The van der Waals surface area contributed by atoms with Crippen LogP contribution < -0.4 is 0 Å². The average Bonchev–Trinajstić information content (AvgIpc) is 2.99. The Labute approximate surface area is 142 Å². The minimum absolute atomic E-state index is 0.328. The number of fused-ring (bicyclic) bond motifs is 3. The molecule has 0 atom stereocenters. The highest BCUT2D eigenvalue weighted by atomic mass is 16.5. The molecule has 1 heterocycles. The maximum absolute atomic E-state index is 5.72. The van der Waals surface area contributed by atoms with Crippen LogP contribution in [0.25, 0.3) is 32.9 Å². The highest BCUT2D eigenvalue weighted by Gasteiger charge is 2.23. The molecule has 0 fully saturated rings. The molecule has 0 amide bonds. The molecule has 0 aliphatic rings. The van der Waals surface area contributed by atoms with Crippen molar-refractivity contribution in [2.45, 2.75) is 19.4 Å². The monoisotopic (exact) mass is 315 g/mol. The fourth-order valence-corrected chi connectivity index (χ4v) is 3.39. The Kier molecular flexibility index (Phi) is 3.43. The van der Waals surface area contributed by atoms with Crippen LogP contribution in [-0.4, -0.2) is 12.1 Å². The van der Waals surface area contributed by atoms with Gasteiger partial charge < -0.3 is 9.72 Å². The van der Waals surface area contributed by atoms with E-state index in [-0.39, 0.29) is 5.60 Å². The van der Waals surface area contributed by atoms with Crippen LogP contribution in [0.5, 0.6) is 0 Å². The molecule has 120 valence electrons. The number of aromatic amines is 1. The third kappa shape index (κ3) is 2.31. The Morgan fingerprint density at radius 2 is 1.50 bits per heavy atom. The number of H-pyrrole nitrogens is 1. The number of ether oxygens (including phenoxy) is 1. The maximum atomic E-state index is 5.72. The topological polar surface area (TPSA) is 25.0 Å². The molecule has 0 spiro atoms. The normalized spacial score (nSPS) is 12.1. The molecule has 4 aromatic rings. The SMILES string of the molecule is COC(C)(C)c1ccccc1-c1ccc2[nH]c3ccccc3c2c1. The summed E-state index contributed by atoms with van der Waals surface area (Å²) in [5.41, 5.74) is 5.65. The van der Waals surface area contributed by atoms with E-state index in [1.54, 1.807) is 7.11 Å². The molecule has 0 bridgehead atoms. The lowest BCUT2D eigenvalue weighted by Crippen LogP contribution is -2.20. The highest BCUT2D eigenvalue weighted by molar-refractivity contribution is 6.08. The summed E-state index contributed by atoms with van der Waals surface area (Å²) in [6.45, 7) is 4.21. The van der Waals surface area contributed by atoms with E-state index in [9.17, 15) is 0 Å². The zero-order valence-electron chi connectivity index (χ0n) is 14.3. The Hall–Kier alpha value is -2.58. The summed E-state index contributed by atoms with van der Waals surface area (Å²) in [7, 11) is 1.76. The van der Waals surface area contributed by atoms with Crippen molar-refractivity contribution in [3.8, 4) is 11.1 Å². The first-order valence-corrected chi connectivity index (χ1v) is 8.26. The number of methoxy groups -OCH3 is 1. The molecule has 0 aliphatic heterocycles. The average molecular weight is 315 g/mol. The van der Waals surface area contributed by atoms with Crippen molar-refractivity contribution in [3.63, 3.8) is 0 Å². The standard InChI is InChI=1S/C22H21NO/c1-22(2,24-3)19-10-6-4-8-16(19)15-12-13-21-18(14-15)17-9-5-7-11-20(17)23-21/h4-14,23H,1-3H3. The van der Waals surface area contributed by atoms with Gasteiger partial charge in [-0.1, -0.05) is 48.5 Å². The molecule has 0 radical (unpaired) electrons. The van der Waals surface area contributed by atoms with Gasteiger partial charge in [-0.05, 0) is 48.7 Å². The third-order valence-corrected chi connectivity index (χ3v) is 4.90. The number of nitrogens with one attached hydrogen (secondary N) is 1. The second-order valence-electron chi connectivity index (χ2n) is 6.69. The van der Waals surface area contributed by atoms with E-state index in [0.29, 0.717) is 0 Å². The van der Waals surface area contributed by atoms with Gasteiger partial charge in [0.2, 0.25) is 0 Å². The fraction of sp³-hybridized carbons (Fsp3) is 0.182. The summed E-state index contributed by atoms with van der Waals surface area (Å²) in [6, 6.07) is 23.6. The second kappa shape index (κ2) is 5.50. The van der Waals surface area contributed by atoms with Gasteiger partial charge in [-0.25, -0.2) is 0 Å². The van der Waals surface area contributed by atoms with Crippen molar-refractivity contribution < 1.29 is 4.74 Å². The van der Waals surface area contributed by atoms with Gasteiger partial charge in [0.1, 0.15) is 0 Å². The van der Waals surface area contributed by atoms with Crippen molar-refractivity contribution in [2.24, 2.45) is 0 Å². The predicted octanol–water partition coefficient (Wildman–Crippen LogP) is 5.87. The van der Waals surface area contributed by atoms with Crippen LogP contribution in [0.15, 0.2) is 66.7 Å². The fourth-order valence-electron chi connectivity index (χ4n) is 3.39. The van der Waals surface area contributed by atoms with E-state index >= 15 is 0 Å². The molecule has 1 aromatic heterocycles. The maximum Gasteiger partial charge on any atom is 0.0877 e. The number of rotatable bonds is 3. The summed E-state index contributed by atoms with van der Waals surface area (Å²) in [5, 5.41) is 2.52. The quantitative estimate of drug-likeness (QED) is 0.502. The van der Waals surface area contributed by atoms with Crippen LogP contribution in [0.1, 0.15) is 19.4 Å². The molecule has 2 nitrogen and oxygen atoms in total. The van der Waals surface area contributed by atoms with Crippen LogP contribution in [0.2, 0.25) is 0 Å². The Morgan fingerprint density at radius 3 is 2.33 bits per heavy atom. The lowest BCUT2D eigenvalue weighted by molar-refractivity contribution is 0.0197. The largest absolute Gasteiger partial charge is 0.374 e. The molecule has 0 saturated heterocycles. The molecule has 0 aliphatic carbocycles. The van der Waals surface area contributed by atoms with Crippen LogP contribution in [0.4, 0.5) is 0 Å². The number of para-hydroxylation sites is 1. The van der Waals surface area contributed by atoms with E-state index in [2.05, 4.69) is 85.6 Å². The summed E-state index contributed by atoms with van der Waals surface area (Å²) >= 11 is 0. The molecule has 0 saturated carbocycles. The molecular formula is C22H21NO. The van der Waals surface area contributed by atoms with Crippen molar-refractivity contribution >= 4 is 21.8 Å². The molecule has 24 heavy (non-hydrogen) atoms. The van der Waals surface area contributed by atoms with Gasteiger partial charge >= 0.3 is 0 Å². The van der Waals surface area contributed by atoms with Crippen molar-refractivity contribution in [2.75, 3.05) is 7.11 Å². The van der Waals surface area contributed by atoms with E-state index in [0.717, 1.165) is 0 Å². The van der Waals surface area contributed by atoms with Gasteiger partial charge in [-0.2, -0.15) is 0 Å². The van der Waals surface area contributed by atoms with Crippen LogP contribution >= 0.6 is 0 Å². The van der Waals surface area contributed by atoms with E-state index < -0.39 is 0 Å².